The largest absolute Gasteiger partial charge is 0.338 e. The number of nitrogens with one attached hydrogen (secondary N) is 1. The van der Waals surface area contributed by atoms with E-state index >= 15 is 0 Å². The van der Waals surface area contributed by atoms with E-state index in [0.717, 1.165) is 66.8 Å². The number of urea groups is 1. The monoisotopic (exact) mass is 480 g/mol. The Balaban J connectivity index is 1.08. The maximum atomic E-state index is 12.4. The number of benzene rings is 2. The van der Waals surface area contributed by atoms with Crippen LogP contribution in [-0.2, 0) is 0 Å². The number of hydrogen-bond donors (Lipinski definition) is 1. The Labute approximate surface area is 202 Å². The van der Waals surface area contributed by atoms with E-state index in [0.29, 0.717) is 11.6 Å². The van der Waals surface area contributed by atoms with E-state index in [1.807, 2.05) is 42.7 Å². The number of halogens is 1. The molecule has 0 aliphatic carbocycles. The number of nitrogens with zero attached hydrogens (tertiary/aromatic N) is 5. The van der Waals surface area contributed by atoms with Crippen LogP contribution in [0, 0.1) is 0 Å². The molecule has 1 saturated heterocycles. The third kappa shape index (κ3) is 5.24. The molecule has 2 aliphatic heterocycles. The Morgan fingerprint density at radius 3 is 2.45 bits per heavy atom. The van der Waals surface area contributed by atoms with Crippen LogP contribution in [0.2, 0.25) is 5.02 Å². The summed E-state index contributed by atoms with van der Waals surface area (Å²) in [4.78, 5) is 27.2. The minimum atomic E-state index is -0.0734. The van der Waals surface area contributed by atoms with Gasteiger partial charge in [0.05, 0.1) is 10.6 Å². The zero-order chi connectivity index (χ0) is 22.6. The lowest BCUT2D eigenvalue weighted by Crippen LogP contribution is -2.47. The Bertz CT molecular complexity index is 1110. The molecule has 7 nitrogen and oxygen atoms in total. The summed E-state index contributed by atoms with van der Waals surface area (Å²) in [6, 6.07) is 15.6. The van der Waals surface area contributed by atoms with Crippen LogP contribution in [0.3, 0.4) is 0 Å². The van der Waals surface area contributed by atoms with Crippen molar-refractivity contribution in [3.63, 3.8) is 0 Å². The normalized spacial score (nSPS) is 16.5. The van der Waals surface area contributed by atoms with Gasteiger partial charge in [0.1, 0.15) is 0 Å². The fourth-order valence-electron chi connectivity index (χ4n) is 4.03. The van der Waals surface area contributed by atoms with Crippen molar-refractivity contribution >= 4 is 41.2 Å². The topological polar surface area (TPSA) is 64.6 Å². The van der Waals surface area contributed by atoms with E-state index in [9.17, 15) is 4.79 Å². The lowest BCUT2D eigenvalue weighted by atomic mass is 10.1. The first-order chi connectivity index (χ1) is 16.2. The number of anilines is 2. The second-order valence-corrected chi connectivity index (χ2v) is 9.58. The van der Waals surface area contributed by atoms with E-state index in [2.05, 4.69) is 37.2 Å². The van der Waals surface area contributed by atoms with Crippen molar-refractivity contribution in [2.75, 3.05) is 49.5 Å². The van der Waals surface area contributed by atoms with Crippen molar-refractivity contribution in [1.29, 1.82) is 0 Å². The smallest absolute Gasteiger partial charge is 0.332 e. The lowest BCUT2D eigenvalue weighted by molar-refractivity contribution is 0.228. The van der Waals surface area contributed by atoms with Crippen molar-refractivity contribution in [2.45, 2.75) is 11.3 Å². The standard InChI is InChI=1S/C24H25ClN6OS/c25-20-7-8-21-22(15-20)33-31(24(32)28-21)10-4-9-29-11-13-30(14-12-29)23-26-16-19(17-27-23)18-5-2-1-3-6-18/h1-3,5-8,15-17H,4,9-14H2,(H,28,32). The third-order valence-electron chi connectivity index (χ3n) is 5.86. The molecular weight excluding hydrogens is 456 g/mol. The second kappa shape index (κ2) is 9.99. The summed E-state index contributed by atoms with van der Waals surface area (Å²) in [5, 5.41) is 3.61. The number of carbonyl (C=O) groups is 1. The fraction of sp³-hybridized carbons (Fsp3) is 0.292. The number of fused-ring (bicyclic) bond motifs is 1. The summed E-state index contributed by atoms with van der Waals surface area (Å²) in [5.41, 5.74) is 2.98. The van der Waals surface area contributed by atoms with Crippen molar-refractivity contribution in [1.82, 2.24) is 19.2 Å². The number of piperazine rings is 1. The number of amides is 2. The van der Waals surface area contributed by atoms with Gasteiger partial charge < -0.3 is 10.2 Å². The van der Waals surface area contributed by atoms with Gasteiger partial charge in [0, 0.05) is 62.2 Å². The van der Waals surface area contributed by atoms with E-state index in [1.165, 1.54) is 11.9 Å². The summed E-state index contributed by atoms with van der Waals surface area (Å²) in [6.45, 7) is 5.36. The van der Waals surface area contributed by atoms with Gasteiger partial charge in [0.25, 0.3) is 0 Å². The van der Waals surface area contributed by atoms with Gasteiger partial charge in [-0.05, 0) is 42.1 Å². The van der Waals surface area contributed by atoms with Crippen molar-refractivity contribution < 1.29 is 4.79 Å². The average molecular weight is 481 g/mol. The molecule has 0 spiro atoms. The minimum Gasteiger partial charge on any atom is -0.338 e. The maximum absolute atomic E-state index is 12.4. The minimum absolute atomic E-state index is 0.0734. The second-order valence-electron chi connectivity index (χ2n) is 8.08. The first kappa shape index (κ1) is 22.0. The number of aromatic nitrogens is 2. The predicted octanol–water partition coefficient (Wildman–Crippen LogP) is 4.86. The van der Waals surface area contributed by atoms with E-state index < -0.39 is 0 Å². The molecule has 1 aromatic heterocycles. The molecule has 0 radical (unpaired) electrons. The quantitative estimate of drug-likeness (QED) is 0.508. The zero-order valence-electron chi connectivity index (χ0n) is 18.2. The van der Waals surface area contributed by atoms with Gasteiger partial charge in [0.2, 0.25) is 5.95 Å². The molecule has 3 aromatic rings. The zero-order valence-corrected chi connectivity index (χ0v) is 19.7. The molecule has 33 heavy (non-hydrogen) atoms. The highest BCUT2D eigenvalue weighted by Crippen LogP contribution is 2.36. The van der Waals surface area contributed by atoms with Crippen molar-refractivity contribution in [3.05, 3.63) is 65.9 Å². The summed E-state index contributed by atoms with van der Waals surface area (Å²) in [5.74, 6) is 0.785. The molecule has 0 bridgehead atoms. The van der Waals surface area contributed by atoms with Crippen LogP contribution in [0.4, 0.5) is 16.4 Å². The molecule has 9 heteroatoms. The number of carbonyl (C=O) groups excluding carboxylic acids is 1. The molecule has 2 amide bonds. The highest BCUT2D eigenvalue weighted by atomic mass is 35.5. The van der Waals surface area contributed by atoms with Crippen LogP contribution in [0.1, 0.15) is 6.42 Å². The average Bonchev–Trinajstić information content (AvgIpc) is 2.86. The van der Waals surface area contributed by atoms with Crippen molar-refractivity contribution in [3.8, 4) is 11.1 Å². The SMILES string of the molecule is O=C1Nc2ccc(Cl)cc2SN1CCCN1CCN(c2ncc(-c3ccccc3)cn2)CC1. The van der Waals surface area contributed by atoms with Gasteiger partial charge in [-0.2, -0.15) is 0 Å². The van der Waals surface area contributed by atoms with Crippen LogP contribution in [0.15, 0.2) is 65.8 Å². The molecule has 2 aromatic carbocycles. The van der Waals surface area contributed by atoms with Crippen LogP contribution in [-0.4, -0.2) is 64.5 Å². The van der Waals surface area contributed by atoms with Crippen LogP contribution in [0.5, 0.6) is 0 Å². The number of rotatable bonds is 6. The Kier molecular flexibility index (Phi) is 6.66. The molecule has 1 fully saturated rings. The molecule has 1 N–H and O–H groups in total. The van der Waals surface area contributed by atoms with Gasteiger partial charge in [-0.15, -0.1) is 0 Å². The third-order valence-corrected chi connectivity index (χ3v) is 7.19. The molecule has 3 heterocycles. The fourth-order valence-corrected chi connectivity index (χ4v) is 5.25. The molecule has 0 saturated carbocycles. The Morgan fingerprint density at radius 2 is 1.70 bits per heavy atom. The molecular formula is C24H25ClN6OS. The summed E-state index contributed by atoms with van der Waals surface area (Å²) < 4.78 is 1.77. The first-order valence-corrected chi connectivity index (χ1v) is 12.2. The summed E-state index contributed by atoms with van der Waals surface area (Å²) in [7, 11) is 0. The first-order valence-electron chi connectivity index (χ1n) is 11.1. The van der Waals surface area contributed by atoms with Gasteiger partial charge >= 0.3 is 6.03 Å². The van der Waals surface area contributed by atoms with Crippen LogP contribution < -0.4 is 10.2 Å². The van der Waals surface area contributed by atoms with Crippen LogP contribution >= 0.6 is 23.5 Å². The van der Waals surface area contributed by atoms with E-state index in [1.54, 1.807) is 10.4 Å². The van der Waals surface area contributed by atoms with Crippen LogP contribution in [0.25, 0.3) is 11.1 Å². The Morgan fingerprint density at radius 1 is 0.939 bits per heavy atom. The molecule has 0 atom stereocenters. The Hall–Kier alpha value is -2.81. The molecule has 5 rings (SSSR count). The number of hydrogen-bond acceptors (Lipinski definition) is 6. The van der Waals surface area contributed by atoms with Gasteiger partial charge in [0.15, 0.2) is 0 Å². The molecule has 2 aliphatic rings. The van der Waals surface area contributed by atoms with Gasteiger partial charge in [-0.1, -0.05) is 41.9 Å². The van der Waals surface area contributed by atoms with E-state index in [-0.39, 0.29) is 6.03 Å². The molecule has 0 unspecified atom stereocenters. The molecule has 170 valence electrons. The predicted molar refractivity (Wildman–Crippen MR) is 134 cm³/mol. The summed E-state index contributed by atoms with van der Waals surface area (Å²) >= 11 is 7.55. The van der Waals surface area contributed by atoms with Gasteiger partial charge in [-0.3, -0.25) is 9.21 Å². The summed E-state index contributed by atoms with van der Waals surface area (Å²) in [6.07, 6.45) is 4.71. The van der Waals surface area contributed by atoms with Gasteiger partial charge in [-0.25, -0.2) is 14.8 Å². The maximum Gasteiger partial charge on any atom is 0.332 e. The van der Waals surface area contributed by atoms with E-state index in [4.69, 9.17) is 11.6 Å². The lowest BCUT2D eigenvalue weighted by Gasteiger charge is -2.35. The highest BCUT2D eigenvalue weighted by molar-refractivity contribution is 7.97. The van der Waals surface area contributed by atoms with Crippen molar-refractivity contribution in [2.24, 2.45) is 0 Å². The highest BCUT2D eigenvalue weighted by Gasteiger charge is 2.24.